The number of hydrogen-bond donors (Lipinski definition) is 12. The number of unbranched alkanes of at least 4 members (excludes halogenated alkanes) is 17. The van der Waals surface area contributed by atoms with Crippen LogP contribution in [-0.2, 0) is 33.2 Å². The molecule has 3 fully saturated rings. The van der Waals surface area contributed by atoms with Gasteiger partial charge in [-0.05, 0) is 64.2 Å². The quantitative estimate of drug-likeness (QED) is 0.0238. The van der Waals surface area contributed by atoms with Crippen molar-refractivity contribution in [2.24, 2.45) is 0 Å². The van der Waals surface area contributed by atoms with Crippen LogP contribution in [0.2, 0.25) is 0 Å². The van der Waals surface area contributed by atoms with Crippen LogP contribution >= 0.6 is 0 Å². The number of aliphatic hydroxyl groups excluding tert-OH is 11. The molecule has 0 aliphatic carbocycles. The highest BCUT2D eigenvalue weighted by atomic mass is 16.8. The lowest BCUT2D eigenvalue weighted by molar-refractivity contribution is -0.379. The smallest absolute Gasteiger partial charge is 0.220 e. The Labute approximate surface area is 489 Å². The number of amides is 1. The average Bonchev–Trinajstić information content (AvgIpc) is 3.59. The van der Waals surface area contributed by atoms with Crippen molar-refractivity contribution in [1.82, 2.24) is 5.32 Å². The molecule has 19 heteroatoms. The summed E-state index contributed by atoms with van der Waals surface area (Å²) in [6.45, 7) is 1.64. The molecule has 19 nitrogen and oxygen atoms in total. The first-order valence-corrected chi connectivity index (χ1v) is 31.2. The molecule has 17 unspecified atom stereocenters. The molecule has 0 aromatic rings. The minimum absolute atomic E-state index is 0.245. The fraction of sp³-hybridized carbons (Fsp3) is 0.794. The third-order valence-corrected chi connectivity index (χ3v) is 15.3. The lowest BCUT2D eigenvalue weighted by Gasteiger charge is -2.48. The normalized spacial score (nSPS) is 30.1. The number of carbonyl (C=O) groups excluding carboxylic acids is 1. The van der Waals surface area contributed by atoms with Gasteiger partial charge < -0.3 is 89.9 Å². The van der Waals surface area contributed by atoms with E-state index in [0.717, 1.165) is 103 Å². The van der Waals surface area contributed by atoms with Crippen molar-refractivity contribution in [2.45, 2.75) is 291 Å². The molecular formula is C63H109NO18. The lowest BCUT2D eigenvalue weighted by Crippen LogP contribution is -2.66. The molecule has 12 N–H and O–H groups in total. The van der Waals surface area contributed by atoms with E-state index in [1.54, 1.807) is 0 Å². The Kier molecular flexibility index (Phi) is 40.8. The highest BCUT2D eigenvalue weighted by Gasteiger charge is 2.53. The van der Waals surface area contributed by atoms with E-state index in [2.05, 4.69) is 92.1 Å². The monoisotopic (exact) mass is 1170 g/mol. The first-order valence-electron chi connectivity index (χ1n) is 31.2. The molecule has 0 saturated carbocycles. The number of rotatable bonds is 45. The Morgan fingerprint density at radius 2 is 0.841 bits per heavy atom. The Morgan fingerprint density at radius 3 is 1.32 bits per heavy atom. The maximum absolute atomic E-state index is 13.4. The van der Waals surface area contributed by atoms with E-state index in [9.17, 15) is 61.0 Å². The van der Waals surface area contributed by atoms with Crippen molar-refractivity contribution in [1.29, 1.82) is 0 Å². The van der Waals surface area contributed by atoms with E-state index < -0.39 is 124 Å². The van der Waals surface area contributed by atoms with Gasteiger partial charge in [0.25, 0.3) is 0 Å². The van der Waals surface area contributed by atoms with Gasteiger partial charge in [0.15, 0.2) is 18.9 Å². The average molecular weight is 1170 g/mol. The molecule has 0 aromatic heterocycles. The van der Waals surface area contributed by atoms with Crippen LogP contribution in [-0.4, -0.2) is 193 Å². The summed E-state index contributed by atoms with van der Waals surface area (Å²) in [6, 6.07) is -0.899. The van der Waals surface area contributed by atoms with E-state index in [1.165, 1.54) is 51.4 Å². The first-order chi connectivity index (χ1) is 39.8. The van der Waals surface area contributed by atoms with Crippen LogP contribution in [0.25, 0.3) is 0 Å². The van der Waals surface area contributed by atoms with Crippen molar-refractivity contribution in [3.05, 3.63) is 72.9 Å². The van der Waals surface area contributed by atoms with Crippen molar-refractivity contribution in [3.8, 4) is 0 Å². The van der Waals surface area contributed by atoms with Crippen LogP contribution in [0.4, 0.5) is 0 Å². The molecule has 3 saturated heterocycles. The molecule has 3 aliphatic heterocycles. The summed E-state index contributed by atoms with van der Waals surface area (Å²) in [5.41, 5.74) is 0. The minimum Gasteiger partial charge on any atom is -0.394 e. The van der Waals surface area contributed by atoms with Crippen LogP contribution in [0.5, 0.6) is 0 Å². The van der Waals surface area contributed by atoms with Crippen molar-refractivity contribution < 1.29 is 89.4 Å². The molecule has 474 valence electrons. The summed E-state index contributed by atoms with van der Waals surface area (Å²) in [4.78, 5) is 13.4. The standard InChI is InChI=1S/C63H109NO18/c1-3-5-7-9-11-13-15-17-18-19-20-21-22-23-24-25-26-27-28-29-31-33-35-37-39-41-51(69)64-46(47(68)40-38-36-34-32-30-16-14-12-10-8-6-4-2)45-77-61-57(75)54(72)59(49(43-66)79-61)82-63-58(76)55(73)60(50(44-67)80-63)81-62-56(74)53(71)52(70)48(42-65)78-62/h5,7,11,13,17-18,20-21,23-24,26-27,46-50,52-63,65-68,70-76H,3-4,6,8-10,12,14-16,19,22,25,28-45H2,1-2H3,(H,64,69)/b7-5-,13-11-,18-17-,21-20-,24-23-,27-26-. The lowest BCUT2D eigenvalue weighted by atomic mass is 9.96. The molecule has 17 atom stereocenters. The maximum Gasteiger partial charge on any atom is 0.220 e. The van der Waals surface area contributed by atoms with Crippen LogP contribution < -0.4 is 5.32 Å². The van der Waals surface area contributed by atoms with Crippen LogP contribution in [0.15, 0.2) is 72.9 Å². The summed E-state index contributed by atoms with van der Waals surface area (Å²) < 4.78 is 34.3. The number of carbonyl (C=O) groups is 1. The van der Waals surface area contributed by atoms with Crippen LogP contribution in [0, 0.1) is 0 Å². The zero-order chi connectivity index (χ0) is 59.7. The molecule has 82 heavy (non-hydrogen) atoms. The summed E-state index contributed by atoms with van der Waals surface area (Å²) in [5.74, 6) is -0.262. The molecule has 3 aliphatic rings. The maximum atomic E-state index is 13.4. The van der Waals surface area contributed by atoms with Gasteiger partial charge in [-0.2, -0.15) is 0 Å². The van der Waals surface area contributed by atoms with E-state index in [1.807, 2.05) is 0 Å². The van der Waals surface area contributed by atoms with Gasteiger partial charge in [-0.3, -0.25) is 4.79 Å². The van der Waals surface area contributed by atoms with Gasteiger partial charge in [0.05, 0.1) is 38.6 Å². The van der Waals surface area contributed by atoms with E-state index in [-0.39, 0.29) is 18.9 Å². The number of hydrogen-bond acceptors (Lipinski definition) is 18. The van der Waals surface area contributed by atoms with Gasteiger partial charge in [-0.15, -0.1) is 0 Å². The zero-order valence-electron chi connectivity index (χ0n) is 49.4. The van der Waals surface area contributed by atoms with Gasteiger partial charge >= 0.3 is 0 Å². The van der Waals surface area contributed by atoms with Gasteiger partial charge in [0.1, 0.15) is 73.2 Å². The Balaban J connectivity index is 1.45. The second-order valence-electron chi connectivity index (χ2n) is 22.1. The summed E-state index contributed by atoms with van der Waals surface area (Å²) in [7, 11) is 0. The molecule has 0 spiro atoms. The number of nitrogens with one attached hydrogen (secondary N) is 1. The molecular weight excluding hydrogens is 1060 g/mol. The van der Waals surface area contributed by atoms with Crippen LogP contribution in [0.3, 0.4) is 0 Å². The third-order valence-electron chi connectivity index (χ3n) is 15.3. The summed E-state index contributed by atoms with van der Waals surface area (Å²) in [5, 5.41) is 120. The predicted molar refractivity (Wildman–Crippen MR) is 314 cm³/mol. The van der Waals surface area contributed by atoms with E-state index in [4.69, 9.17) is 28.4 Å². The van der Waals surface area contributed by atoms with E-state index in [0.29, 0.717) is 12.8 Å². The highest BCUT2D eigenvalue weighted by molar-refractivity contribution is 5.76. The SMILES string of the molecule is CC/C=C\C/C=C\C/C=C\C/C=C\C/C=C\C/C=C\CCCCCCCCC(=O)NC(COC1OC(CO)C(OC2OC(CO)C(OC3OC(CO)C(O)C(O)C3O)C(O)C2O)C(O)C1O)C(O)CCCCCCCCCCCCCC. The number of ether oxygens (including phenoxy) is 6. The van der Waals surface area contributed by atoms with Gasteiger partial charge in [-0.1, -0.05) is 189 Å². The van der Waals surface area contributed by atoms with Gasteiger partial charge in [0, 0.05) is 6.42 Å². The Bertz CT molecular complexity index is 1780. The molecule has 1 amide bonds. The molecule has 3 rings (SSSR count). The van der Waals surface area contributed by atoms with Crippen LogP contribution in [0.1, 0.15) is 187 Å². The minimum atomic E-state index is -1.98. The van der Waals surface area contributed by atoms with Gasteiger partial charge in [0.2, 0.25) is 5.91 Å². The molecule has 0 radical (unpaired) electrons. The Hall–Kier alpha value is -2.77. The second-order valence-corrected chi connectivity index (χ2v) is 22.1. The number of aliphatic hydroxyl groups is 11. The fourth-order valence-electron chi connectivity index (χ4n) is 10.2. The largest absolute Gasteiger partial charge is 0.394 e. The van der Waals surface area contributed by atoms with Crippen molar-refractivity contribution in [3.63, 3.8) is 0 Å². The molecule has 0 aromatic carbocycles. The topological polar surface area (TPSA) is 307 Å². The van der Waals surface area contributed by atoms with Gasteiger partial charge in [-0.25, -0.2) is 0 Å². The Morgan fingerprint density at radius 1 is 0.451 bits per heavy atom. The zero-order valence-corrected chi connectivity index (χ0v) is 49.4. The van der Waals surface area contributed by atoms with Crippen molar-refractivity contribution >= 4 is 5.91 Å². The molecule has 0 bridgehead atoms. The highest BCUT2D eigenvalue weighted by Crippen LogP contribution is 2.33. The summed E-state index contributed by atoms with van der Waals surface area (Å²) in [6.07, 6.45) is 27.0. The predicted octanol–water partition coefficient (Wildman–Crippen LogP) is 6.21. The molecule has 3 heterocycles. The number of allylic oxidation sites excluding steroid dienone is 12. The summed E-state index contributed by atoms with van der Waals surface area (Å²) >= 11 is 0. The fourth-order valence-corrected chi connectivity index (χ4v) is 10.2. The van der Waals surface area contributed by atoms with E-state index >= 15 is 0 Å². The van der Waals surface area contributed by atoms with Crippen molar-refractivity contribution in [2.75, 3.05) is 26.4 Å². The third kappa shape index (κ3) is 28.6. The first kappa shape index (κ1) is 73.5. The second kappa shape index (κ2) is 45.5.